The highest BCUT2D eigenvalue weighted by molar-refractivity contribution is 7.07. The number of hydrogen-bond acceptors (Lipinski definition) is 0. The average Bonchev–Trinajstić information content (AvgIpc) is 2.59. The molecule has 0 radical (unpaired) electrons. The molecule has 0 amide bonds. The van der Waals surface area contributed by atoms with Crippen LogP contribution in [0.1, 0.15) is 6.42 Å². The molecule has 78 valence electrons. The molecule has 2 aliphatic rings. The van der Waals surface area contributed by atoms with Crippen LogP contribution in [0.2, 0.25) is 12.1 Å². The molecule has 0 nitrogen and oxygen atoms in total. The molecule has 0 N–H and O–H groups in total. The van der Waals surface area contributed by atoms with E-state index in [0.717, 1.165) is 0 Å². The largest absolute Gasteiger partial charge is 0.119 e. The summed E-state index contributed by atoms with van der Waals surface area (Å²) in [5, 5.41) is 3.42. The predicted octanol–water partition coefficient (Wildman–Crippen LogP) is 2.63. The fraction of sp³-hybridized carbons (Fsp3) is 0.200. The van der Waals surface area contributed by atoms with Gasteiger partial charge in [-0.25, -0.2) is 0 Å². The molecule has 0 atom stereocenters. The van der Waals surface area contributed by atoms with Crippen molar-refractivity contribution in [3.63, 3.8) is 0 Å². The molecule has 16 heavy (non-hydrogen) atoms. The molecule has 1 saturated heterocycles. The highest BCUT2D eigenvalue weighted by Crippen LogP contribution is 2.40. The summed E-state index contributed by atoms with van der Waals surface area (Å²) in [5.41, 5.74) is 3.06. The van der Waals surface area contributed by atoms with E-state index in [1.807, 2.05) is 0 Å². The molecule has 2 heterocycles. The normalized spacial score (nSPS) is 19.0. The third-order valence-corrected chi connectivity index (χ3v) is 9.73. The van der Waals surface area contributed by atoms with Gasteiger partial charge < -0.3 is 0 Å². The zero-order valence-electron chi connectivity index (χ0n) is 9.24. The summed E-state index contributed by atoms with van der Waals surface area (Å²) in [5.74, 6) is 0. The van der Waals surface area contributed by atoms with Crippen LogP contribution in [0.3, 0.4) is 0 Å². The summed E-state index contributed by atoms with van der Waals surface area (Å²) in [6.45, 7) is 0. The van der Waals surface area contributed by atoms with Crippen LogP contribution in [0.15, 0.2) is 48.5 Å². The van der Waals surface area contributed by atoms with Gasteiger partial charge in [-0.3, -0.25) is 0 Å². The SMILES string of the molecule is c1ccc2c(c1)-c1ccccc1[Si]21CCC1. The van der Waals surface area contributed by atoms with Gasteiger partial charge in [0.25, 0.3) is 0 Å². The molecule has 0 saturated carbocycles. The van der Waals surface area contributed by atoms with Crippen LogP contribution in [0.4, 0.5) is 0 Å². The van der Waals surface area contributed by atoms with Gasteiger partial charge in [-0.2, -0.15) is 0 Å². The molecule has 4 rings (SSSR count). The van der Waals surface area contributed by atoms with Crippen molar-refractivity contribution in [2.75, 3.05) is 0 Å². The Kier molecular flexibility index (Phi) is 1.57. The van der Waals surface area contributed by atoms with Crippen molar-refractivity contribution in [1.29, 1.82) is 0 Å². The standard InChI is InChI=1S/C15H14Si/c1-3-8-14-12(6-1)13-7-2-4-9-15(13)16(14)10-5-11-16/h1-4,6-9H,5,10-11H2. The molecule has 2 aromatic carbocycles. The minimum atomic E-state index is -1.22. The maximum Gasteiger partial charge on any atom is 0.119 e. The minimum Gasteiger partial charge on any atom is -0.0623 e. The number of fused-ring (bicyclic) bond motifs is 5. The molecule has 0 unspecified atom stereocenters. The van der Waals surface area contributed by atoms with Crippen molar-refractivity contribution in [1.82, 2.24) is 0 Å². The zero-order valence-corrected chi connectivity index (χ0v) is 10.2. The van der Waals surface area contributed by atoms with E-state index in [4.69, 9.17) is 0 Å². The third kappa shape index (κ3) is 0.862. The Morgan fingerprint density at radius 2 is 1.19 bits per heavy atom. The number of hydrogen-bond donors (Lipinski definition) is 0. The second kappa shape index (κ2) is 2.86. The first kappa shape index (κ1) is 8.77. The molecule has 1 spiro atoms. The average molecular weight is 222 g/mol. The Morgan fingerprint density at radius 1 is 0.688 bits per heavy atom. The topological polar surface area (TPSA) is 0 Å². The maximum absolute atomic E-state index is 2.39. The Bertz CT molecular complexity index is 520. The summed E-state index contributed by atoms with van der Waals surface area (Å²) in [4.78, 5) is 0. The van der Waals surface area contributed by atoms with E-state index in [-0.39, 0.29) is 0 Å². The van der Waals surface area contributed by atoms with Gasteiger partial charge in [-0.15, -0.1) is 0 Å². The Labute approximate surface area is 97.0 Å². The first-order chi connectivity index (χ1) is 7.92. The van der Waals surface area contributed by atoms with Gasteiger partial charge in [0.15, 0.2) is 0 Å². The minimum absolute atomic E-state index is 1.22. The van der Waals surface area contributed by atoms with Crippen molar-refractivity contribution >= 4 is 18.4 Å². The molecule has 0 aliphatic carbocycles. The van der Waals surface area contributed by atoms with E-state index in [1.54, 1.807) is 10.4 Å². The van der Waals surface area contributed by atoms with Crippen molar-refractivity contribution < 1.29 is 0 Å². The lowest BCUT2D eigenvalue weighted by molar-refractivity contribution is 0.930. The Hall–Kier alpha value is -1.34. The van der Waals surface area contributed by atoms with Gasteiger partial charge in [-0.1, -0.05) is 55.0 Å². The van der Waals surface area contributed by atoms with Crippen molar-refractivity contribution in [2.45, 2.75) is 18.5 Å². The van der Waals surface area contributed by atoms with E-state index in [9.17, 15) is 0 Å². The first-order valence-electron chi connectivity index (χ1n) is 6.11. The summed E-state index contributed by atoms with van der Waals surface area (Å²) < 4.78 is 0. The smallest absolute Gasteiger partial charge is 0.0623 e. The summed E-state index contributed by atoms with van der Waals surface area (Å²) >= 11 is 0. The van der Waals surface area contributed by atoms with E-state index < -0.39 is 8.07 Å². The molecule has 0 bridgehead atoms. The van der Waals surface area contributed by atoms with Crippen LogP contribution in [-0.2, 0) is 0 Å². The highest BCUT2D eigenvalue weighted by Gasteiger charge is 2.49. The fourth-order valence-electron chi connectivity index (χ4n) is 3.48. The molecular formula is C15H14Si. The summed E-state index contributed by atoms with van der Waals surface area (Å²) in [6.07, 6.45) is 1.44. The highest BCUT2D eigenvalue weighted by atomic mass is 28.3. The second-order valence-corrected chi connectivity index (χ2v) is 9.27. The van der Waals surface area contributed by atoms with Gasteiger partial charge in [-0.05, 0) is 33.6 Å². The quantitative estimate of drug-likeness (QED) is 0.601. The number of rotatable bonds is 0. The molecule has 1 fully saturated rings. The maximum atomic E-state index is 2.39. The lowest BCUT2D eigenvalue weighted by Gasteiger charge is -2.38. The van der Waals surface area contributed by atoms with Crippen LogP contribution >= 0.6 is 0 Å². The first-order valence-corrected chi connectivity index (χ1v) is 8.53. The van der Waals surface area contributed by atoms with Gasteiger partial charge >= 0.3 is 0 Å². The molecule has 1 heteroatoms. The van der Waals surface area contributed by atoms with Gasteiger partial charge in [0.2, 0.25) is 0 Å². The van der Waals surface area contributed by atoms with Crippen molar-refractivity contribution in [3.05, 3.63) is 48.5 Å². The molecule has 2 aliphatic heterocycles. The fourth-order valence-corrected chi connectivity index (χ4v) is 8.21. The van der Waals surface area contributed by atoms with Crippen molar-refractivity contribution in [3.8, 4) is 11.1 Å². The van der Waals surface area contributed by atoms with Crippen LogP contribution in [0.5, 0.6) is 0 Å². The summed E-state index contributed by atoms with van der Waals surface area (Å²) in [7, 11) is -1.22. The van der Waals surface area contributed by atoms with Gasteiger partial charge in [0.05, 0.1) is 0 Å². The lowest BCUT2D eigenvalue weighted by Crippen LogP contribution is -2.59. The third-order valence-electron chi connectivity index (χ3n) is 4.38. The van der Waals surface area contributed by atoms with Crippen LogP contribution in [0.25, 0.3) is 11.1 Å². The van der Waals surface area contributed by atoms with Crippen molar-refractivity contribution in [2.24, 2.45) is 0 Å². The van der Waals surface area contributed by atoms with Crippen LogP contribution in [0, 0.1) is 0 Å². The zero-order chi connectivity index (χ0) is 10.6. The monoisotopic (exact) mass is 222 g/mol. The van der Waals surface area contributed by atoms with Crippen LogP contribution in [-0.4, -0.2) is 8.07 Å². The van der Waals surface area contributed by atoms with E-state index >= 15 is 0 Å². The Balaban J connectivity index is 2.10. The second-order valence-electron chi connectivity index (χ2n) is 5.03. The van der Waals surface area contributed by atoms with E-state index in [2.05, 4.69) is 48.5 Å². The Morgan fingerprint density at radius 3 is 1.62 bits per heavy atom. The van der Waals surface area contributed by atoms with Gasteiger partial charge in [0, 0.05) is 0 Å². The molecular weight excluding hydrogens is 208 g/mol. The van der Waals surface area contributed by atoms with Gasteiger partial charge in [0.1, 0.15) is 8.07 Å². The molecule has 2 aromatic rings. The predicted molar refractivity (Wildman–Crippen MR) is 71.1 cm³/mol. The van der Waals surface area contributed by atoms with Crippen LogP contribution < -0.4 is 10.4 Å². The lowest BCUT2D eigenvalue weighted by atomic mass is 10.1. The number of benzene rings is 2. The van der Waals surface area contributed by atoms with E-state index in [1.165, 1.54) is 29.6 Å². The van der Waals surface area contributed by atoms with E-state index in [0.29, 0.717) is 0 Å². The summed E-state index contributed by atoms with van der Waals surface area (Å²) in [6, 6.07) is 21.2. The molecule has 0 aromatic heterocycles.